The van der Waals surface area contributed by atoms with E-state index in [2.05, 4.69) is 16.4 Å². The average molecular weight is 402 g/mol. The van der Waals surface area contributed by atoms with Gasteiger partial charge in [-0.15, -0.1) is 0 Å². The number of alkyl halides is 3. The molecule has 1 N–H and O–H groups in total. The Bertz CT molecular complexity index is 1050. The number of nitriles is 1. The second kappa shape index (κ2) is 8.22. The highest BCUT2D eigenvalue weighted by Gasteiger charge is 2.28. The van der Waals surface area contributed by atoms with E-state index in [1.54, 1.807) is 41.2 Å². The molecule has 3 aromatic rings. The predicted molar refractivity (Wildman–Crippen MR) is 99.0 cm³/mol. The average Bonchev–Trinajstić information content (AvgIpc) is 3.08. The molecule has 0 fully saturated rings. The van der Waals surface area contributed by atoms with Gasteiger partial charge in [0.05, 0.1) is 29.0 Å². The first-order valence-electron chi connectivity index (χ1n) is 8.67. The van der Waals surface area contributed by atoms with Crippen LogP contribution in [0.25, 0.3) is 11.0 Å². The van der Waals surface area contributed by atoms with E-state index in [4.69, 9.17) is 4.74 Å². The predicted octanol–water partition coefficient (Wildman–Crippen LogP) is 3.73. The molecular formula is C20H17F3N4O2. The molecule has 1 unspecified atom stereocenters. The number of nitrogens with one attached hydrogen (secondary N) is 1. The van der Waals surface area contributed by atoms with Crippen LogP contribution in [0.1, 0.15) is 24.1 Å². The van der Waals surface area contributed by atoms with E-state index in [9.17, 15) is 23.2 Å². The molecule has 0 aliphatic rings. The van der Waals surface area contributed by atoms with E-state index >= 15 is 0 Å². The lowest BCUT2D eigenvalue weighted by Crippen LogP contribution is -2.29. The lowest BCUT2D eigenvalue weighted by atomic mass is 10.1. The topological polar surface area (TPSA) is 79.9 Å². The van der Waals surface area contributed by atoms with Gasteiger partial charge in [0.1, 0.15) is 11.8 Å². The van der Waals surface area contributed by atoms with Gasteiger partial charge in [0.2, 0.25) is 5.91 Å². The molecular weight excluding hydrogens is 385 g/mol. The van der Waals surface area contributed by atoms with E-state index in [0.29, 0.717) is 22.2 Å². The minimum absolute atomic E-state index is 0.0764. The molecule has 1 atom stereocenters. The summed E-state index contributed by atoms with van der Waals surface area (Å²) in [5.74, 6) is -0.190. The molecule has 150 valence electrons. The Morgan fingerprint density at radius 2 is 2.00 bits per heavy atom. The summed E-state index contributed by atoms with van der Waals surface area (Å²) in [5.41, 5.74) is 2.44. The summed E-state index contributed by atoms with van der Waals surface area (Å²) in [6.45, 7) is 0.289. The lowest BCUT2D eigenvalue weighted by Gasteiger charge is -2.20. The zero-order chi connectivity index (χ0) is 21.0. The number of fused-ring (bicyclic) bond motifs is 1. The second-order valence-electron chi connectivity index (χ2n) is 6.41. The summed E-state index contributed by atoms with van der Waals surface area (Å²) in [5, 5.41) is 12.2. The first-order chi connectivity index (χ1) is 13.8. The molecule has 29 heavy (non-hydrogen) atoms. The molecule has 0 aliphatic carbocycles. The highest BCUT2D eigenvalue weighted by Crippen LogP contribution is 2.24. The molecule has 6 nitrogen and oxygen atoms in total. The zero-order valence-corrected chi connectivity index (χ0v) is 15.4. The number of hydrogen-bond donors (Lipinski definition) is 1. The van der Waals surface area contributed by atoms with Crippen molar-refractivity contribution in [2.24, 2.45) is 0 Å². The fourth-order valence-electron chi connectivity index (χ4n) is 2.99. The minimum Gasteiger partial charge on any atom is -0.484 e. The van der Waals surface area contributed by atoms with Gasteiger partial charge in [-0.2, -0.15) is 18.4 Å². The van der Waals surface area contributed by atoms with Gasteiger partial charge in [-0.3, -0.25) is 4.79 Å². The number of para-hydroxylation sites is 1. The van der Waals surface area contributed by atoms with Gasteiger partial charge in [0, 0.05) is 13.5 Å². The van der Waals surface area contributed by atoms with Crippen molar-refractivity contribution in [2.75, 3.05) is 6.61 Å². The van der Waals surface area contributed by atoms with Crippen molar-refractivity contribution in [1.82, 2.24) is 14.9 Å². The molecule has 0 saturated carbocycles. The van der Waals surface area contributed by atoms with Crippen molar-refractivity contribution in [1.29, 1.82) is 5.26 Å². The van der Waals surface area contributed by atoms with E-state index in [1.165, 1.54) is 19.1 Å². The Labute approximate surface area is 164 Å². The summed E-state index contributed by atoms with van der Waals surface area (Å²) in [4.78, 5) is 16.0. The zero-order valence-electron chi connectivity index (χ0n) is 15.4. The summed E-state index contributed by atoms with van der Waals surface area (Å²) in [6, 6.07) is 12.9. The van der Waals surface area contributed by atoms with Gasteiger partial charge in [0.25, 0.3) is 0 Å². The van der Waals surface area contributed by atoms with Gasteiger partial charge in [0.15, 0.2) is 6.61 Å². The smallest absolute Gasteiger partial charge is 0.422 e. The van der Waals surface area contributed by atoms with Crippen LogP contribution in [0.5, 0.6) is 5.75 Å². The maximum atomic E-state index is 12.3. The van der Waals surface area contributed by atoms with Crippen LogP contribution < -0.4 is 10.1 Å². The number of benzene rings is 2. The summed E-state index contributed by atoms with van der Waals surface area (Å²) in [6.07, 6.45) is -2.83. The molecule has 0 spiro atoms. The Balaban J connectivity index is 1.86. The van der Waals surface area contributed by atoms with Crippen molar-refractivity contribution in [3.8, 4) is 11.8 Å². The third-order valence-electron chi connectivity index (χ3n) is 4.20. The van der Waals surface area contributed by atoms with E-state index in [0.717, 1.165) is 0 Å². The Morgan fingerprint density at radius 3 is 2.62 bits per heavy atom. The third-order valence-corrected chi connectivity index (χ3v) is 4.20. The number of ether oxygens (including phenoxy) is 1. The molecule has 1 amide bonds. The van der Waals surface area contributed by atoms with Gasteiger partial charge in [-0.05, 0) is 29.8 Å². The van der Waals surface area contributed by atoms with Crippen LogP contribution in [0.2, 0.25) is 0 Å². The normalized spacial score (nSPS) is 12.4. The van der Waals surface area contributed by atoms with E-state index in [1.807, 2.05) is 0 Å². The van der Waals surface area contributed by atoms with Crippen molar-refractivity contribution < 1.29 is 22.7 Å². The molecule has 0 radical (unpaired) electrons. The Morgan fingerprint density at radius 1 is 1.28 bits per heavy atom. The highest BCUT2D eigenvalue weighted by molar-refractivity contribution is 5.81. The maximum Gasteiger partial charge on any atom is 0.422 e. The SMILES string of the molecule is CC(=O)NC(Cn1cnc2cccc(C#N)c21)c1ccc(OCC(F)(F)F)cc1. The molecule has 1 heterocycles. The summed E-state index contributed by atoms with van der Waals surface area (Å²) in [7, 11) is 0. The Hall–Kier alpha value is -3.54. The number of carbonyl (C=O) groups is 1. The number of amides is 1. The minimum atomic E-state index is -4.42. The van der Waals surface area contributed by atoms with Crippen LogP contribution in [-0.2, 0) is 11.3 Å². The van der Waals surface area contributed by atoms with Crippen LogP contribution in [-0.4, -0.2) is 28.2 Å². The molecule has 1 aromatic heterocycles. The fraction of sp³-hybridized carbons (Fsp3) is 0.250. The third kappa shape index (κ3) is 5.04. The molecule has 0 bridgehead atoms. The van der Waals surface area contributed by atoms with E-state index in [-0.39, 0.29) is 18.2 Å². The van der Waals surface area contributed by atoms with E-state index < -0.39 is 18.8 Å². The van der Waals surface area contributed by atoms with Gasteiger partial charge in [-0.25, -0.2) is 4.98 Å². The Kier molecular flexibility index (Phi) is 5.73. The fourth-order valence-corrected chi connectivity index (χ4v) is 2.99. The largest absolute Gasteiger partial charge is 0.484 e. The van der Waals surface area contributed by atoms with Gasteiger partial charge in [-0.1, -0.05) is 18.2 Å². The van der Waals surface area contributed by atoms with Crippen LogP contribution in [0.15, 0.2) is 48.8 Å². The van der Waals surface area contributed by atoms with Crippen LogP contribution >= 0.6 is 0 Å². The molecule has 3 rings (SSSR count). The standard InChI is InChI=1S/C20H17F3N4O2/c1-13(28)26-18(14-5-7-16(8-6-14)29-11-20(21,22)23)10-27-12-25-17-4-2-3-15(9-24)19(17)27/h2-8,12,18H,10-11H2,1H3,(H,26,28). The summed E-state index contributed by atoms with van der Waals surface area (Å²) < 4.78 is 43.4. The number of imidazole rings is 1. The maximum absolute atomic E-state index is 12.3. The highest BCUT2D eigenvalue weighted by atomic mass is 19.4. The van der Waals surface area contributed by atoms with Crippen LogP contribution in [0.4, 0.5) is 13.2 Å². The number of hydrogen-bond acceptors (Lipinski definition) is 4. The number of aromatic nitrogens is 2. The van der Waals surface area contributed by atoms with Crippen LogP contribution in [0, 0.1) is 11.3 Å². The quantitative estimate of drug-likeness (QED) is 0.681. The van der Waals surface area contributed by atoms with Crippen molar-refractivity contribution in [2.45, 2.75) is 25.7 Å². The monoisotopic (exact) mass is 402 g/mol. The lowest BCUT2D eigenvalue weighted by molar-refractivity contribution is -0.153. The molecule has 2 aromatic carbocycles. The number of halogens is 3. The van der Waals surface area contributed by atoms with Gasteiger partial charge >= 0.3 is 6.18 Å². The number of carbonyl (C=O) groups excluding carboxylic acids is 1. The van der Waals surface area contributed by atoms with Gasteiger partial charge < -0.3 is 14.6 Å². The van der Waals surface area contributed by atoms with Crippen molar-refractivity contribution in [3.63, 3.8) is 0 Å². The first kappa shape index (κ1) is 20.2. The van der Waals surface area contributed by atoms with Crippen molar-refractivity contribution in [3.05, 3.63) is 59.9 Å². The summed E-state index contributed by atoms with van der Waals surface area (Å²) >= 11 is 0. The number of rotatable bonds is 6. The number of nitrogens with zero attached hydrogens (tertiary/aromatic N) is 3. The molecule has 9 heteroatoms. The van der Waals surface area contributed by atoms with Crippen molar-refractivity contribution >= 4 is 16.9 Å². The molecule has 0 saturated heterocycles. The molecule has 0 aliphatic heterocycles. The first-order valence-corrected chi connectivity index (χ1v) is 8.67. The van der Waals surface area contributed by atoms with Crippen LogP contribution in [0.3, 0.4) is 0 Å². The second-order valence-corrected chi connectivity index (χ2v) is 6.41.